The van der Waals surface area contributed by atoms with E-state index in [0.717, 1.165) is 64.2 Å². The molecule has 370 valence electrons. The third-order valence-corrected chi connectivity index (χ3v) is 12.8. The highest BCUT2D eigenvalue weighted by Gasteiger charge is 2.24. The number of nitrogens with one attached hydrogen (secondary N) is 1. The van der Waals surface area contributed by atoms with Crippen LogP contribution in [0, 0.1) is 0 Å². The Balaban J connectivity index is 4.56. The van der Waals surface area contributed by atoms with Gasteiger partial charge in [0.05, 0.1) is 25.2 Å². The van der Waals surface area contributed by atoms with Crippen molar-refractivity contribution in [2.45, 2.75) is 309 Å². The van der Waals surface area contributed by atoms with Crippen LogP contribution in [0.25, 0.3) is 0 Å². The summed E-state index contributed by atoms with van der Waals surface area (Å²) in [5, 5.41) is 23.8. The van der Waals surface area contributed by atoms with E-state index in [1.807, 2.05) is 0 Å². The van der Waals surface area contributed by atoms with Crippen LogP contribution in [0.5, 0.6) is 0 Å². The van der Waals surface area contributed by atoms with Crippen molar-refractivity contribution in [3.8, 4) is 0 Å². The molecule has 63 heavy (non-hydrogen) atoms. The molecule has 0 heterocycles. The lowest BCUT2D eigenvalue weighted by Crippen LogP contribution is -2.46. The standard InChI is InChI=1S/C57H107NO5/c1-4-7-10-13-16-19-22-25-26-27-28-29-32-35-38-41-44-47-50-57(62)63-53(48-45-42-39-36-33-30-23-20-17-14-11-8-5-2)51-56(61)58-54(52-59)55(60)49-46-43-40-37-34-31-24-21-18-15-12-9-6-3/h22,25-29,53-55,59-60H,4-21,23-24,30-52H2,1-3H3,(H,58,61)/b25-22+,27-26+,29-28+. The molecule has 3 unspecified atom stereocenters. The van der Waals surface area contributed by atoms with Crippen LogP contribution in [0.3, 0.4) is 0 Å². The highest BCUT2D eigenvalue weighted by molar-refractivity contribution is 5.77. The van der Waals surface area contributed by atoms with Crippen molar-refractivity contribution in [3.63, 3.8) is 0 Å². The van der Waals surface area contributed by atoms with Gasteiger partial charge in [-0.1, -0.05) is 263 Å². The molecule has 6 heteroatoms. The van der Waals surface area contributed by atoms with E-state index >= 15 is 0 Å². The molecule has 0 rings (SSSR count). The van der Waals surface area contributed by atoms with Gasteiger partial charge in [0, 0.05) is 6.42 Å². The quantitative estimate of drug-likeness (QED) is 0.0321. The topological polar surface area (TPSA) is 95.9 Å². The second-order valence-electron chi connectivity index (χ2n) is 19.1. The fraction of sp³-hybridized carbons (Fsp3) is 0.860. The van der Waals surface area contributed by atoms with Gasteiger partial charge in [-0.05, 0) is 51.4 Å². The first kappa shape index (κ1) is 61.1. The normalized spacial score (nSPS) is 13.4. The van der Waals surface area contributed by atoms with Crippen LogP contribution in [0.4, 0.5) is 0 Å². The van der Waals surface area contributed by atoms with E-state index in [1.165, 1.54) is 180 Å². The summed E-state index contributed by atoms with van der Waals surface area (Å²) in [6.07, 6.45) is 60.6. The first-order valence-electron chi connectivity index (χ1n) is 27.7. The van der Waals surface area contributed by atoms with Crippen LogP contribution in [-0.2, 0) is 14.3 Å². The third-order valence-electron chi connectivity index (χ3n) is 12.8. The largest absolute Gasteiger partial charge is 0.462 e. The van der Waals surface area contributed by atoms with Gasteiger partial charge >= 0.3 is 5.97 Å². The first-order chi connectivity index (χ1) is 31.0. The van der Waals surface area contributed by atoms with E-state index in [2.05, 4.69) is 62.5 Å². The Kier molecular flexibility index (Phi) is 49.5. The van der Waals surface area contributed by atoms with Crippen molar-refractivity contribution in [2.75, 3.05) is 6.61 Å². The zero-order valence-electron chi connectivity index (χ0n) is 42.2. The van der Waals surface area contributed by atoms with Crippen LogP contribution < -0.4 is 5.32 Å². The summed E-state index contributed by atoms with van der Waals surface area (Å²) in [4.78, 5) is 26.2. The predicted octanol–water partition coefficient (Wildman–Crippen LogP) is 16.8. The van der Waals surface area contributed by atoms with Gasteiger partial charge in [-0.25, -0.2) is 0 Å². The minimum atomic E-state index is -0.788. The average Bonchev–Trinajstić information content (AvgIpc) is 3.28. The summed E-state index contributed by atoms with van der Waals surface area (Å²) in [5.74, 6) is -0.482. The number of carbonyl (C=O) groups is 2. The van der Waals surface area contributed by atoms with Crippen molar-refractivity contribution < 1.29 is 24.5 Å². The molecule has 0 aromatic rings. The molecule has 3 N–H and O–H groups in total. The molecule has 0 spiro atoms. The Labute approximate surface area is 392 Å². The number of hydrogen-bond acceptors (Lipinski definition) is 5. The van der Waals surface area contributed by atoms with Crippen LogP contribution in [-0.4, -0.2) is 46.9 Å². The maximum absolute atomic E-state index is 13.2. The molecule has 0 aliphatic carbocycles. The molecule has 0 saturated heterocycles. The van der Waals surface area contributed by atoms with E-state index < -0.39 is 18.2 Å². The highest BCUT2D eigenvalue weighted by atomic mass is 16.5. The summed E-state index contributed by atoms with van der Waals surface area (Å²) < 4.78 is 5.94. The summed E-state index contributed by atoms with van der Waals surface area (Å²) in [5.41, 5.74) is 0. The van der Waals surface area contributed by atoms with E-state index in [-0.39, 0.29) is 24.9 Å². The van der Waals surface area contributed by atoms with Crippen LogP contribution in [0.15, 0.2) is 36.5 Å². The Hall–Kier alpha value is -1.92. The van der Waals surface area contributed by atoms with Gasteiger partial charge in [0.1, 0.15) is 6.10 Å². The number of rotatable bonds is 50. The minimum absolute atomic E-state index is 0.0735. The number of allylic oxidation sites excluding steroid dienone is 6. The fourth-order valence-corrected chi connectivity index (χ4v) is 8.55. The van der Waals surface area contributed by atoms with Gasteiger partial charge in [0.25, 0.3) is 0 Å². The summed E-state index contributed by atoms with van der Waals surface area (Å²) in [6.45, 7) is 6.49. The summed E-state index contributed by atoms with van der Waals surface area (Å²) in [7, 11) is 0. The zero-order chi connectivity index (χ0) is 45.9. The van der Waals surface area contributed by atoms with Crippen LogP contribution in [0.2, 0.25) is 0 Å². The van der Waals surface area contributed by atoms with E-state index in [1.54, 1.807) is 0 Å². The monoisotopic (exact) mass is 886 g/mol. The van der Waals surface area contributed by atoms with Gasteiger partial charge < -0.3 is 20.3 Å². The lowest BCUT2D eigenvalue weighted by atomic mass is 10.0. The van der Waals surface area contributed by atoms with E-state index in [0.29, 0.717) is 19.3 Å². The lowest BCUT2D eigenvalue weighted by Gasteiger charge is -2.24. The third kappa shape index (κ3) is 46.4. The van der Waals surface area contributed by atoms with Crippen LogP contribution >= 0.6 is 0 Å². The summed E-state index contributed by atoms with van der Waals surface area (Å²) in [6, 6.07) is -0.702. The number of unbranched alkanes of at least 4 members (excludes halogenated alkanes) is 34. The van der Waals surface area contributed by atoms with Gasteiger partial charge in [-0.15, -0.1) is 0 Å². The van der Waals surface area contributed by atoms with Crippen molar-refractivity contribution >= 4 is 11.9 Å². The number of hydrogen-bond donors (Lipinski definition) is 3. The second-order valence-corrected chi connectivity index (χ2v) is 19.1. The fourth-order valence-electron chi connectivity index (χ4n) is 8.55. The minimum Gasteiger partial charge on any atom is -0.462 e. The first-order valence-corrected chi connectivity index (χ1v) is 27.7. The Morgan fingerprint density at radius 1 is 0.460 bits per heavy atom. The predicted molar refractivity (Wildman–Crippen MR) is 273 cm³/mol. The SMILES string of the molecule is CCCCCCC/C=C/C=C/C=C/CCCCCCCC(=O)OC(CCCCCCCCCCCCCCC)CC(=O)NC(CO)C(O)CCCCCCCCCCCCCCC. The van der Waals surface area contributed by atoms with Crippen molar-refractivity contribution in [2.24, 2.45) is 0 Å². The number of esters is 1. The Morgan fingerprint density at radius 3 is 1.21 bits per heavy atom. The molecule has 0 radical (unpaired) electrons. The van der Waals surface area contributed by atoms with Gasteiger partial charge in [-0.3, -0.25) is 9.59 Å². The van der Waals surface area contributed by atoms with Gasteiger partial charge in [-0.2, -0.15) is 0 Å². The molecule has 1 amide bonds. The highest BCUT2D eigenvalue weighted by Crippen LogP contribution is 2.18. The molecule has 6 nitrogen and oxygen atoms in total. The lowest BCUT2D eigenvalue weighted by molar-refractivity contribution is -0.151. The van der Waals surface area contributed by atoms with E-state index in [9.17, 15) is 19.8 Å². The van der Waals surface area contributed by atoms with Crippen molar-refractivity contribution in [3.05, 3.63) is 36.5 Å². The number of aliphatic hydroxyl groups excluding tert-OH is 2. The molecule has 0 saturated carbocycles. The van der Waals surface area contributed by atoms with Gasteiger partial charge in [0.2, 0.25) is 5.91 Å². The maximum Gasteiger partial charge on any atom is 0.306 e. The average molecular weight is 886 g/mol. The smallest absolute Gasteiger partial charge is 0.306 e. The molecule has 0 aliphatic heterocycles. The van der Waals surface area contributed by atoms with E-state index in [4.69, 9.17) is 4.74 Å². The number of aliphatic hydroxyl groups is 2. The zero-order valence-corrected chi connectivity index (χ0v) is 42.2. The second kappa shape index (κ2) is 51.1. The van der Waals surface area contributed by atoms with Crippen molar-refractivity contribution in [1.82, 2.24) is 5.32 Å². The summed E-state index contributed by atoms with van der Waals surface area (Å²) >= 11 is 0. The van der Waals surface area contributed by atoms with Gasteiger partial charge in [0.15, 0.2) is 0 Å². The van der Waals surface area contributed by atoms with Crippen LogP contribution in [0.1, 0.15) is 290 Å². The molecule has 3 atom stereocenters. The Morgan fingerprint density at radius 2 is 0.810 bits per heavy atom. The molecule has 0 aromatic carbocycles. The molecule has 0 aliphatic rings. The molecule has 0 bridgehead atoms. The molecule has 0 aromatic heterocycles. The number of ether oxygens (including phenoxy) is 1. The Bertz CT molecular complexity index is 1040. The molecular weight excluding hydrogens is 779 g/mol. The number of amides is 1. The van der Waals surface area contributed by atoms with Crippen molar-refractivity contribution in [1.29, 1.82) is 0 Å². The molecular formula is C57H107NO5. The molecule has 0 fully saturated rings. The maximum atomic E-state index is 13.2. The number of carbonyl (C=O) groups excluding carboxylic acids is 2.